The van der Waals surface area contributed by atoms with E-state index in [4.69, 9.17) is 4.74 Å². The third-order valence-corrected chi connectivity index (χ3v) is 4.51. The molecule has 1 aliphatic heterocycles. The van der Waals surface area contributed by atoms with Crippen molar-refractivity contribution in [3.05, 3.63) is 0 Å². The predicted octanol–water partition coefficient (Wildman–Crippen LogP) is 1.43. The van der Waals surface area contributed by atoms with E-state index in [0.29, 0.717) is 13.0 Å². The maximum absolute atomic E-state index is 11.9. The Bertz CT molecular complexity index is 383. The van der Waals surface area contributed by atoms with E-state index in [0.717, 1.165) is 0 Å². The Hall–Kier alpha value is -0.780. The van der Waals surface area contributed by atoms with Crippen LogP contribution in [0.1, 0.15) is 34.1 Å². The highest BCUT2D eigenvalue weighted by molar-refractivity contribution is 7.91. The fourth-order valence-corrected chi connectivity index (χ4v) is 3.84. The van der Waals surface area contributed by atoms with Gasteiger partial charge in [0, 0.05) is 5.54 Å². The molecule has 1 heterocycles. The molecular weight excluding hydrogens is 242 g/mol. The lowest BCUT2D eigenvalue weighted by Gasteiger charge is -2.38. The number of amides is 1. The van der Waals surface area contributed by atoms with Gasteiger partial charge in [-0.2, -0.15) is 0 Å². The van der Waals surface area contributed by atoms with Crippen molar-refractivity contribution in [2.45, 2.75) is 45.7 Å². The number of nitrogens with zero attached hydrogens (tertiary/aromatic N) is 1. The molecule has 1 amide bonds. The van der Waals surface area contributed by atoms with Crippen molar-refractivity contribution in [1.29, 1.82) is 0 Å². The zero-order chi connectivity index (χ0) is 13.3. The van der Waals surface area contributed by atoms with Gasteiger partial charge in [0.15, 0.2) is 9.84 Å². The molecule has 1 saturated heterocycles. The maximum atomic E-state index is 11.9. The normalized spacial score (nSPS) is 23.4. The molecule has 0 bridgehead atoms. The fraction of sp³-hybridized carbons (Fsp3) is 0.909. The average Bonchev–Trinajstić information content (AvgIpc) is 2.44. The summed E-state index contributed by atoms with van der Waals surface area (Å²) in [5, 5.41) is 0. The number of carbonyl (C=O) groups excluding carboxylic acids is 1. The number of ether oxygens (including phenoxy) is 1. The van der Waals surface area contributed by atoms with Crippen LogP contribution in [0, 0.1) is 0 Å². The Labute approximate surface area is 103 Å². The first-order valence-corrected chi connectivity index (χ1v) is 7.66. The van der Waals surface area contributed by atoms with Crippen molar-refractivity contribution >= 4 is 15.9 Å². The SMILES string of the molecule is CCOC(=O)N(C1CCS(=O)(=O)C1)C(C)(C)C. The van der Waals surface area contributed by atoms with Crippen LogP contribution in [-0.2, 0) is 14.6 Å². The molecule has 6 heteroatoms. The summed E-state index contributed by atoms with van der Waals surface area (Å²) in [7, 11) is -3.00. The lowest BCUT2D eigenvalue weighted by atomic mass is 10.0. The van der Waals surface area contributed by atoms with E-state index in [1.165, 1.54) is 0 Å². The minimum atomic E-state index is -3.00. The second-order valence-corrected chi connectivity index (χ2v) is 7.53. The molecule has 0 aromatic carbocycles. The first kappa shape index (κ1) is 14.3. The van der Waals surface area contributed by atoms with Gasteiger partial charge in [0.2, 0.25) is 0 Å². The van der Waals surface area contributed by atoms with Gasteiger partial charge in [0.25, 0.3) is 0 Å². The lowest BCUT2D eigenvalue weighted by Crippen LogP contribution is -2.52. The van der Waals surface area contributed by atoms with E-state index < -0.39 is 21.5 Å². The number of sulfone groups is 1. The summed E-state index contributed by atoms with van der Waals surface area (Å²) in [4.78, 5) is 13.5. The van der Waals surface area contributed by atoms with Crippen molar-refractivity contribution in [1.82, 2.24) is 4.90 Å². The van der Waals surface area contributed by atoms with Crippen molar-refractivity contribution < 1.29 is 17.9 Å². The predicted molar refractivity (Wildman–Crippen MR) is 65.7 cm³/mol. The van der Waals surface area contributed by atoms with E-state index in [-0.39, 0.29) is 17.5 Å². The highest BCUT2D eigenvalue weighted by atomic mass is 32.2. The van der Waals surface area contributed by atoms with E-state index >= 15 is 0 Å². The highest BCUT2D eigenvalue weighted by Gasteiger charge is 2.40. The Morgan fingerprint density at radius 1 is 1.41 bits per heavy atom. The molecule has 1 unspecified atom stereocenters. The summed E-state index contributed by atoms with van der Waals surface area (Å²) in [6, 6.07) is -0.265. The summed E-state index contributed by atoms with van der Waals surface area (Å²) < 4.78 is 28.0. The number of hydrogen-bond donors (Lipinski definition) is 0. The smallest absolute Gasteiger partial charge is 0.410 e. The van der Waals surface area contributed by atoms with Crippen LogP contribution in [0.25, 0.3) is 0 Å². The third kappa shape index (κ3) is 3.59. The van der Waals surface area contributed by atoms with Crippen LogP contribution in [-0.4, -0.2) is 49.1 Å². The molecule has 1 fully saturated rings. The molecule has 0 spiro atoms. The standard InChI is InChI=1S/C11H21NO4S/c1-5-16-10(13)12(11(2,3)4)9-6-7-17(14,15)8-9/h9H,5-8H2,1-4H3. The van der Waals surface area contributed by atoms with Gasteiger partial charge in [-0.15, -0.1) is 0 Å². The van der Waals surface area contributed by atoms with Crippen LogP contribution in [0.3, 0.4) is 0 Å². The first-order chi connectivity index (χ1) is 7.67. The van der Waals surface area contributed by atoms with Crippen LogP contribution in [0.5, 0.6) is 0 Å². The molecule has 0 aromatic heterocycles. The van der Waals surface area contributed by atoms with E-state index in [9.17, 15) is 13.2 Å². The maximum Gasteiger partial charge on any atom is 0.410 e. The monoisotopic (exact) mass is 263 g/mol. The molecule has 0 radical (unpaired) electrons. The van der Waals surface area contributed by atoms with Gasteiger partial charge in [-0.05, 0) is 34.1 Å². The molecule has 1 aliphatic rings. The van der Waals surface area contributed by atoms with Crippen molar-refractivity contribution in [3.8, 4) is 0 Å². The molecule has 1 rings (SSSR count). The zero-order valence-corrected chi connectivity index (χ0v) is 11.7. The van der Waals surface area contributed by atoms with Gasteiger partial charge < -0.3 is 4.74 Å². The molecule has 1 atom stereocenters. The summed E-state index contributed by atoms with van der Waals surface area (Å²) in [6.45, 7) is 7.69. The number of hydrogen-bond acceptors (Lipinski definition) is 4. The summed E-state index contributed by atoms with van der Waals surface area (Å²) >= 11 is 0. The van der Waals surface area contributed by atoms with Gasteiger partial charge in [-0.3, -0.25) is 4.90 Å². The van der Waals surface area contributed by atoms with Crippen LogP contribution in [0.4, 0.5) is 4.79 Å². The molecule has 100 valence electrons. The zero-order valence-electron chi connectivity index (χ0n) is 10.9. The highest BCUT2D eigenvalue weighted by Crippen LogP contribution is 2.26. The minimum absolute atomic E-state index is 0.0447. The van der Waals surface area contributed by atoms with Crippen molar-refractivity contribution in [3.63, 3.8) is 0 Å². The van der Waals surface area contributed by atoms with E-state index in [2.05, 4.69) is 0 Å². The Balaban J connectivity index is 2.89. The van der Waals surface area contributed by atoms with Crippen molar-refractivity contribution in [2.24, 2.45) is 0 Å². The van der Waals surface area contributed by atoms with Crippen LogP contribution in [0.2, 0.25) is 0 Å². The molecular formula is C11H21NO4S. The second kappa shape index (κ2) is 4.84. The summed E-state index contributed by atoms with van der Waals surface area (Å²) in [6.07, 6.45) is 0.0698. The van der Waals surface area contributed by atoms with Crippen molar-refractivity contribution in [2.75, 3.05) is 18.1 Å². The van der Waals surface area contributed by atoms with Gasteiger partial charge in [-0.25, -0.2) is 13.2 Å². The second-order valence-electron chi connectivity index (χ2n) is 5.30. The Kier molecular flexibility index (Phi) is 4.06. The average molecular weight is 263 g/mol. The number of carbonyl (C=O) groups is 1. The fourth-order valence-electron chi connectivity index (χ4n) is 2.14. The molecule has 0 N–H and O–H groups in total. The largest absolute Gasteiger partial charge is 0.450 e. The van der Waals surface area contributed by atoms with Gasteiger partial charge in [0.05, 0.1) is 24.2 Å². The Morgan fingerprint density at radius 3 is 2.35 bits per heavy atom. The summed E-state index contributed by atoms with van der Waals surface area (Å²) in [5.74, 6) is 0.201. The van der Waals surface area contributed by atoms with Gasteiger partial charge in [-0.1, -0.05) is 0 Å². The quantitative estimate of drug-likeness (QED) is 0.756. The van der Waals surface area contributed by atoms with Gasteiger partial charge in [0.1, 0.15) is 0 Å². The van der Waals surface area contributed by atoms with Crippen LogP contribution in [0.15, 0.2) is 0 Å². The molecule has 0 aliphatic carbocycles. The lowest BCUT2D eigenvalue weighted by molar-refractivity contribution is 0.0526. The van der Waals surface area contributed by atoms with Crippen LogP contribution < -0.4 is 0 Å². The third-order valence-electron chi connectivity index (χ3n) is 2.76. The number of rotatable bonds is 2. The van der Waals surface area contributed by atoms with Gasteiger partial charge >= 0.3 is 6.09 Å². The van der Waals surface area contributed by atoms with Crippen LogP contribution >= 0.6 is 0 Å². The topological polar surface area (TPSA) is 63.7 Å². The first-order valence-electron chi connectivity index (χ1n) is 5.84. The molecule has 0 saturated carbocycles. The molecule has 17 heavy (non-hydrogen) atoms. The molecule has 0 aromatic rings. The Morgan fingerprint density at radius 2 is 2.00 bits per heavy atom. The minimum Gasteiger partial charge on any atom is -0.450 e. The summed E-state index contributed by atoms with van der Waals surface area (Å²) in [5.41, 5.74) is -0.434. The van der Waals surface area contributed by atoms with E-state index in [1.54, 1.807) is 11.8 Å². The van der Waals surface area contributed by atoms with E-state index in [1.807, 2.05) is 20.8 Å². The molecule has 5 nitrogen and oxygen atoms in total.